The van der Waals surface area contributed by atoms with Crippen molar-refractivity contribution in [3.8, 4) is 5.75 Å². The Bertz CT molecular complexity index is 802. The largest absolute Gasteiger partial charge is 0.496 e. The highest BCUT2D eigenvalue weighted by atomic mass is 127. The number of ether oxygens (including phenoxy) is 2. The van der Waals surface area contributed by atoms with Crippen LogP contribution in [0.2, 0.25) is 0 Å². The second-order valence-electron chi connectivity index (χ2n) is 6.89. The molecule has 1 aromatic carbocycles. The molecule has 1 fully saturated rings. The minimum Gasteiger partial charge on any atom is -0.496 e. The average Bonchev–Trinajstić information content (AvgIpc) is 2.67. The van der Waals surface area contributed by atoms with Gasteiger partial charge in [0.25, 0.3) is 5.91 Å². The van der Waals surface area contributed by atoms with Crippen molar-refractivity contribution in [1.82, 2.24) is 15.5 Å². The zero-order valence-electron chi connectivity index (χ0n) is 16.5. The molecule has 0 radical (unpaired) electrons. The van der Waals surface area contributed by atoms with Crippen LogP contribution in [-0.4, -0.2) is 60.6 Å². The van der Waals surface area contributed by atoms with Crippen LogP contribution >= 0.6 is 34.8 Å². The Morgan fingerprint density at radius 3 is 2.76 bits per heavy atom. The molecule has 2 amide bonds. The van der Waals surface area contributed by atoms with Gasteiger partial charge in [0.1, 0.15) is 11.8 Å². The van der Waals surface area contributed by atoms with E-state index in [0.29, 0.717) is 24.4 Å². The molecule has 1 saturated heterocycles. The molecule has 0 bridgehead atoms. The SMILES string of the molecule is COc1ccc(C(=O)NC(=S)N2CCNC(=O)C2CC(=O)OCC(C)C)cc1I. The Morgan fingerprint density at radius 2 is 2.14 bits per heavy atom. The summed E-state index contributed by atoms with van der Waals surface area (Å²) in [4.78, 5) is 38.5. The number of rotatable bonds is 6. The number of amides is 2. The highest BCUT2D eigenvalue weighted by molar-refractivity contribution is 14.1. The number of carbonyl (C=O) groups is 3. The van der Waals surface area contributed by atoms with Crippen molar-refractivity contribution in [3.63, 3.8) is 0 Å². The predicted molar refractivity (Wildman–Crippen MR) is 120 cm³/mol. The quantitative estimate of drug-likeness (QED) is 0.327. The predicted octanol–water partition coefficient (Wildman–Crippen LogP) is 1.70. The zero-order valence-corrected chi connectivity index (χ0v) is 19.5. The zero-order chi connectivity index (χ0) is 21.6. The van der Waals surface area contributed by atoms with Gasteiger partial charge in [-0.25, -0.2) is 0 Å². The van der Waals surface area contributed by atoms with Gasteiger partial charge < -0.3 is 19.7 Å². The van der Waals surface area contributed by atoms with Gasteiger partial charge in [-0.3, -0.25) is 19.7 Å². The van der Waals surface area contributed by atoms with E-state index in [9.17, 15) is 14.4 Å². The van der Waals surface area contributed by atoms with Gasteiger partial charge in [0.2, 0.25) is 5.91 Å². The monoisotopic (exact) mass is 533 g/mol. The van der Waals surface area contributed by atoms with Crippen LogP contribution in [0.5, 0.6) is 5.75 Å². The summed E-state index contributed by atoms with van der Waals surface area (Å²) in [6.07, 6.45) is -0.144. The summed E-state index contributed by atoms with van der Waals surface area (Å²) >= 11 is 7.43. The van der Waals surface area contributed by atoms with E-state index in [1.165, 1.54) is 0 Å². The van der Waals surface area contributed by atoms with E-state index < -0.39 is 17.9 Å². The maximum atomic E-state index is 12.6. The summed E-state index contributed by atoms with van der Waals surface area (Å²) in [5.74, 6) is -0.346. The van der Waals surface area contributed by atoms with Crippen molar-refractivity contribution in [1.29, 1.82) is 0 Å². The summed E-state index contributed by atoms with van der Waals surface area (Å²) in [7, 11) is 1.56. The molecule has 1 heterocycles. The lowest BCUT2D eigenvalue weighted by atomic mass is 10.1. The first kappa shape index (κ1) is 23.3. The summed E-state index contributed by atoms with van der Waals surface area (Å²) in [5, 5.41) is 5.46. The van der Waals surface area contributed by atoms with Gasteiger partial charge >= 0.3 is 5.97 Å². The van der Waals surface area contributed by atoms with E-state index in [4.69, 9.17) is 21.7 Å². The number of hydrogen-bond acceptors (Lipinski definition) is 6. The average molecular weight is 533 g/mol. The van der Waals surface area contributed by atoms with Crippen LogP contribution in [0.4, 0.5) is 0 Å². The third kappa shape index (κ3) is 6.53. The topological polar surface area (TPSA) is 97.0 Å². The fourth-order valence-corrected chi connectivity index (χ4v) is 3.73. The molecule has 0 aliphatic carbocycles. The number of thiocarbonyl (C=S) groups is 1. The highest BCUT2D eigenvalue weighted by Crippen LogP contribution is 2.21. The Hall–Kier alpha value is -1.95. The number of nitrogens with one attached hydrogen (secondary N) is 2. The normalized spacial score (nSPS) is 16.2. The van der Waals surface area contributed by atoms with E-state index in [-0.39, 0.29) is 30.0 Å². The minimum atomic E-state index is -0.827. The van der Waals surface area contributed by atoms with Gasteiger partial charge in [-0.2, -0.15) is 0 Å². The molecule has 0 spiro atoms. The van der Waals surface area contributed by atoms with Gasteiger partial charge in [0, 0.05) is 18.7 Å². The van der Waals surface area contributed by atoms with E-state index in [1.54, 1.807) is 30.2 Å². The Balaban J connectivity index is 2.06. The van der Waals surface area contributed by atoms with Crippen molar-refractivity contribution in [2.24, 2.45) is 5.92 Å². The first-order chi connectivity index (χ1) is 13.7. The molecule has 29 heavy (non-hydrogen) atoms. The van der Waals surface area contributed by atoms with Crippen molar-refractivity contribution < 1.29 is 23.9 Å². The molecule has 0 aromatic heterocycles. The van der Waals surface area contributed by atoms with E-state index in [1.807, 2.05) is 13.8 Å². The number of piperazine rings is 1. The van der Waals surface area contributed by atoms with E-state index >= 15 is 0 Å². The molecule has 0 saturated carbocycles. The van der Waals surface area contributed by atoms with E-state index in [0.717, 1.165) is 3.57 Å². The lowest BCUT2D eigenvalue weighted by Gasteiger charge is -2.36. The molecule has 1 aliphatic rings. The van der Waals surface area contributed by atoms with Crippen LogP contribution in [0.25, 0.3) is 0 Å². The van der Waals surface area contributed by atoms with Crippen LogP contribution < -0.4 is 15.4 Å². The molecule has 1 aliphatic heterocycles. The van der Waals surface area contributed by atoms with Crippen molar-refractivity contribution in [3.05, 3.63) is 27.3 Å². The number of halogens is 1. The van der Waals surface area contributed by atoms with Crippen molar-refractivity contribution in [2.45, 2.75) is 26.3 Å². The van der Waals surface area contributed by atoms with E-state index in [2.05, 4.69) is 33.2 Å². The lowest BCUT2D eigenvalue weighted by molar-refractivity contribution is -0.148. The van der Waals surface area contributed by atoms with Crippen LogP contribution in [0.15, 0.2) is 18.2 Å². The smallest absolute Gasteiger partial charge is 0.308 e. The third-order valence-electron chi connectivity index (χ3n) is 4.16. The number of benzene rings is 1. The van der Waals surface area contributed by atoms with Crippen LogP contribution in [0, 0.1) is 9.49 Å². The molecule has 8 nitrogen and oxygen atoms in total. The number of methoxy groups -OCH3 is 1. The molecule has 158 valence electrons. The molecule has 1 aromatic rings. The van der Waals surface area contributed by atoms with Crippen LogP contribution in [-0.2, 0) is 14.3 Å². The Morgan fingerprint density at radius 1 is 1.41 bits per heavy atom. The molecule has 2 N–H and O–H groups in total. The Labute approximate surface area is 188 Å². The number of hydrogen-bond donors (Lipinski definition) is 2. The van der Waals surface area contributed by atoms with Gasteiger partial charge in [-0.15, -0.1) is 0 Å². The second kappa shape index (κ2) is 10.7. The Kier molecular flexibility index (Phi) is 8.62. The minimum absolute atomic E-state index is 0.0948. The van der Waals surface area contributed by atoms with Crippen LogP contribution in [0.1, 0.15) is 30.6 Å². The van der Waals surface area contributed by atoms with Gasteiger partial charge in [0.15, 0.2) is 5.11 Å². The molecule has 1 unspecified atom stereocenters. The second-order valence-corrected chi connectivity index (χ2v) is 8.44. The third-order valence-corrected chi connectivity index (χ3v) is 5.34. The van der Waals surface area contributed by atoms with Gasteiger partial charge in [-0.1, -0.05) is 13.8 Å². The fourth-order valence-electron chi connectivity index (χ4n) is 2.69. The molecular formula is C19H24IN3O5S. The molecule has 1 atom stereocenters. The van der Waals surface area contributed by atoms with Crippen LogP contribution in [0.3, 0.4) is 0 Å². The summed E-state index contributed by atoms with van der Waals surface area (Å²) in [6, 6.07) is 4.18. The summed E-state index contributed by atoms with van der Waals surface area (Å²) < 4.78 is 11.2. The maximum Gasteiger partial charge on any atom is 0.308 e. The van der Waals surface area contributed by atoms with Crippen molar-refractivity contribution in [2.75, 3.05) is 26.8 Å². The standard InChI is InChI=1S/C19H24IN3O5S/c1-11(2)10-28-16(24)9-14-18(26)21-6-7-23(14)19(29)22-17(25)12-4-5-15(27-3)13(20)8-12/h4-5,8,11,14H,6-7,9-10H2,1-3H3,(H,21,26)(H,22,25,29). The number of carbonyl (C=O) groups excluding carboxylic acids is 3. The highest BCUT2D eigenvalue weighted by Gasteiger charge is 2.34. The summed E-state index contributed by atoms with van der Waals surface area (Å²) in [5.41, 5.74) is 0.409. The molecule has 2 rings (SSSR count). The molecular weight excluding hydrogens is 509 g/mol. The summed E-state index contributed by atoms with van der Waals surface area (Å²) in [6.45, 7) is 4.89. The lowest BCUT2D eigenvalue weighted by Crippen LogP contribution is -2.60. The van der Waals surface area contributed by atoms with Gasteiger partial charge in [0.05, 0.1) is 23.7 Å². The van der Waals surface area contributed by atoms with Crippen molar-refractivity contribution >= 4 is 57.7 Å². The number of nitrogens with zero attached hydrogens (tertiary/aromatic N) is 1. The number of esters is 1. The fraction of sp³-hybridized carbons (Fsp3) is 0.474. The molecule has 10 heteroatoms. The van der Waals surface area contributed by atoms with Gasteiger partial charge in [-0.05, 0) is 58.9 Å². The first-order valence-corrected chi connectivity index (χ1v) is 10.6. The maximum absolute atomic E-state index is 12.6. The first-order valence-electron chi connectivity index (χ1n) is 9.11.